The molecule has 0 spiro atoms. The lowest BCUT2D eigenvalue weighted by Crippen LogP contribution is -1.87. The molecule has 1 aromatic heterocycles. The maximum absolute atomic E-state index is 5.19. The van der Waals surface area contributed by atoms with Crippen molar-refractivity contribution in [3.8, 4) is 0 Å². The van der Waals surface area contributed by atoms with Gasteiger partial charge in [0.1, 0.15) is 8.96 Å². The number of benzene rings is 1. The minimum atomic E-state index is 0.251. The Balaban J connectivity index is 2.11. The lowest BCUT2D eigenvalue weighted by atomic mass is 10.3. The molecule has 2 aromatic rings. The third kappa shape index (κ3) is 2.03. The fourth-order valence-electron chi connectivity index (χ4n) is 1.17. The average molecular weight is 209 g/mol. The van der Waals surface area contributed by atoms with E-state index in [1.54, 1.807) is 0 Å². The van der Waals surface area contributed by atoms with Gasteiger partial charge in [-0.2, -0.15) is 0 Å². The summed E-state index contributed by atoms with van der Waals surface area (Å²) >= 11 is 0. The zero-order chi connectivity index (χ0) is 9.80. The molecule has 1 unspecified atom stereocenters. The van der Waals surface area contributed by atoms with Crippen LogP contribution in [0.4, 0.5) is 5.95 Å². The number of imidazole rings is 1. The molecule has 0 bridgehead atoms. The monoisotopic (exact) mass is 209 g/mol. The van der Waals surface area contributed by atoms with Gasteiger partial charge in [-0.05, 0) is 19.1 Å². The molecule has 0 radical (unpaired) electrons. The number of aromatic nitrogens is 2. The van der Waals surface area contributed by atoms with Crippen molar-refractivity contribution < 1.29 is 4.52 Å². The van der Waals surface area contributed by atoms with E-state index in [0.717, 1.165) is 17.0 Å². The zero-order valence-electron chi connectivity index (χ0n) is 7.87. The number of nitrogens with zero attached hydrogens (tertiary/aromatic N) is 1. The Morgan fingerprint density at radius 3 is 3.14 bits per heavy atom. The molecule has 1 atom stereocenters. The zero-order valence-corrected chi connectivity index (χ0v) is 8.87. The largest absolute Gasteiger partial charge is 0.342 e. The molecule has 2 rings (SSSR count). The Kier molecular flexibility index (Phi) is 2.96. The fourth-order valence-corrected chi connectivity index (χ4v) is 1.60. The molecule has 0 aliphatic heterocycles. The topological polar surface area (TPSA) is 49.9 Å². The maximum atomic E-state index is 5.19. The van der Waals surface area contributed by atoms with Crippen LogP contribution >= 0.6 is 8.96 Å². The number of anilines is 1. The van der Waals surface area contributed by atoms with E-state index in [-0.39, 0.29) is 8.96 Å². The number of hydrogen-bond donors (Lipinski definition) is 2. The molecule has 0 saturated carbocycles. The maximum Gasteiger partial charge on any atom is 0.205 e. The first-order valence-corrected chi connectivity index (χ1v) is 5.38. The Labute approximate surface area is 84.0 Å². The standard InChI is InChI=1S/C9H12N3OP/c1-2-13-14-12-9-10-7-5-3-4-6-8(7)11-9/h3-6,14H,2H2,1H3,(H2,10,11,12). The number of rotatable bonds is 4. The summed E-state index contributed by atoms with van der Waals surface area (Å²) in [6.45, 7) is 2.68. The van der Waals surface area contributed by atoms with Crippen LogP contribution in [0.3, 0.4) is 0 Å². The van der Waals surface area contributed by atoms with E-state index in [2.05, 4.69) is 15.1 Å². The second-order valence-electron chi connectivity index (χ2n) is 2.76. The van der Waals surface area contributed by atoms with Gasteiger partial charge in [0.05, 0.1) is 11.0 Å². The lowest BCUT2D eigenvalue weighted by molar-refractivity contribution is 0.392. The van der Waals surface area contributed by atoms with Crippen LogP contribution in [0.5, 0.6) is 0 Å². The molecule has 14 heavy (non-hydrogen) atoms. The Morgan fingerprint density at radius 1 is 1.50 bits per heavy atom. The van der Waals surface area contributed by atoms with Crippen molar-refractivity contribution in [2.45, 2.75) is 6.92 Å². The summed E-state index contributed by atoms with van der Waals surface area (Å²) in [4.78, 5) is 7.50. The van der Waals surface area contributed by atoms with E-state index in [9.17, 15) is 0 Å². The van der Waals surface area contributed by atoms with Gasteiger partial charge in [-0.25, -0.2) is 4.98 Å². The molecule has 0 aliphatic rings. The van der Waals surface area contributed by atoms with Gasteiger partial charge in [-0.3, -0.25) is 0 Å². The van der Waals surface area contributed by atoms with E-state index in [4.69, 9.17) is 4.52 Å². The predicted octanol–water partition coefficient (Wildman–Crippen LogP) is 2.52. The van der Waals surface area contributed by atoms with Crippen LogP contribution in [0.15, 0.2) is 24.3 Å². The van der Waals surface area contributed by atoms with Gasteiger partial charge in [0, 0.05) is 6.61 Å². The first-order valence-electron chi connectivity index (χ1n) is 4.47. The summed E-state index contributed by atoms with van der Waals surface area (Å²) in [6, 6.07) is 7.92. The van der Waals surface area contributed by atoms with Crippen LogP contribution in [0.1, 0.15) is 6.92 Å². The number of nitrogens with one attached hydrogen (secondary N) is 2. The summed E-state index contributed by atoms with van der Waals surface area (Å²) < 4.78 is 5.19. The van der Waals surface area contributed by atoms with Crippen LogP contribution in [0.25, 0.3) is 11.0 Å². The van der Waals surface area contributed by atoms with E-state index in [1.807, 2.05) is 31.2 Å². The average Bonchev–Trinajstić information content (AvgIpc) is 2.60. The Bertz CT molecular complexity index is 382. The lowest BCUT2D eigenvalue weighted by Gasteiger charge is -1.99. The van der Waals surface area contributed by atoms with Crippen molar-refractivity contribution in [2.24, 2.45) is 0 Å². The number of para-hydroxylation sites is 2. The van der Waals surface area contributed by atoms with Crippen LogP contribution in [0, 0.1) is 0 Å². The molecule has 0 saturated heterocycles. The van der Waals surface area contributed by atoms with Crippen molar-refractivity contribution in [1.82, 2.24) is 9.97 Å². The van der Waals surface area contributed by atoms with Crippen molar-refractivity contribution in [1.29, 1.82) is 0 Å². The van der Waals surface area contributed by atoms with E-state index in [0.29, 0.717) is 6.61 Å². The van der Waals surface area contributed by atoms with Gasteiger partial charge in [0.15, 0.2) is 0 Å². The second kappa shape index (κ2) is 4.40. The summed E-state index contributed by atoms with van der Waals surface area (Å²) in [5.41, 5.74) is 2.01. The van der Waals surface area contributed by atoms with Gasteiger partial charge in [0.25, 0.3) is 0 Å². The first-order chi connectivity index (χ1) is 6.90. The molecular weight excluding hydrogens is 197 g/mol. The number of H-pyrrole nitrogens is 1. The second-order valence-corrected chi connectivity index (χ2v) is 3.51. The highest BCUT2D eigenvalue weighted by molar-refractivity contribution is 7.34. The summed E-state index contributed by atoms with van der Waals surface area (Å²) in [7, 11) is 0.251. The van der Waals surface area contributed by atoms with Crippen LogP contribution in [-0.2, 0) is 4.52 Å². The molecule has 0 amide bonds. The van der Waals surface area contributed by atoms with Gasteiger partial charge < -0.3 is 14.6 Å². The number of aromatic amines is 1. The first kappa shape index (κ1) is 9.44. The fraction of sp³-hybridized carbons (Fsp3) is 0.222. The molecule has 0 fully saturated rings. The summed E-state index contributed by atoms with van der Waals surface area (Å²) in [6.07, 6.45) is 0. The molecule has 1 heterocycles. The number of hydrogen-bond acceptors (Lipinski definition) is 3. The smallest absolute Gasteiger partial charge is 0.205 e. The SMILES string of the molecule is CCOPNc1nc2ccccc2[nH]1. The minimum absolute atomic E-state index is 0.251. The van der Waals surface area contributed by atoms with Crippen LogP contribution in [0.2, 0.25) is 0 Å². The van der Waals surface area contributed by atoms with Gasteiger partial charge in [-0.1, -0.05) is 12.1 Å². The van der Waals surface area contributed by atoms with Crippen LogP contribution < -0.4 is 5.09 Å². The molecule has 5 heteroatoms. The van der Waals surface area contributed by atoms with E-state index < -0.39 is 0 Å². The van der Waals surface area contributed by atoms with Crippen molar-refractivity contribution in [3.05, 3.63) is 24.3 Å². The summed E-state index contributed by atoms with van der Waals surface area (Å²) in [5.74, 6) is 0.762. The molecule has 4 nitrogen and oxygen atoms in total. The normalized spacial score (nSPS) is 11.5. The highest BCUT2D eigenvalue weighted by Gasteiger charge is 1.99. The highest BCUT2D eigenvalue weighted by Crippen LogP contribution is 2.18. The van der Waals surface area contributed by atoms with Crippen molar-refractivity contribution >= 4 is 25.9 Å². The van der Waals surface area contributed by atoms with Gasteiger partial charge in [-0.15, -0.1) is 0 Å². The quantitative estimate of drug-likeness (QED) is 0.600. The molecule has 0 aliphatic carbocycles. The third-order valence-electron chi connectivity index (χ3n) is 1.78. The molecule has 1 aromatic carbocycles. The highest BCUT2D eigenvalue weighted by atomic mass is 31.1. The third-order valence-corrected chi connectivity index (χ3v) is 2.55. The van der Waals surface area contributed by atoms with Crippen LogP contribution in [-0.4, -0.2) is 16.6 Å². The van der Waals surface area contributed by atoms with Gasteiger partial charge >= 0.3 is 0 Å². The van der Waals surface area contributed by atoms with Crippen molar-refractivity contribution in [3.63, 3.8) is 0 Å². The minimum Gasteiger partial charge on any atom is -0.342 e. The Hall–Kier alpha value is -1.12. The predicted molar refractivity (Wildman–Crippen MR) is 59.7 cm³/mol. The van der Waals surface area contributed by atoms with E-state index >= 15 is 0 Å². The molecule has 74 valence electrons. The number of fused-ring (bicyclic) bond motifs is 1. The molecular formula is C9H12N3OP. The summed E-state index contributed by atoms with van der Waals surface area (Å²) in [5, 5.41) is 3.07. The van der Waals surface area contributed by atoms with Gasteiger partial charge in [0.2, 0.25) is 5.95 Å². The van der Waals surface area contributed by atoms with E-state index in [1.165, 1.54) is 0 Å². The van der Waals surface area contributed by atoms with Crippen molar-refractivity contribution in [2.75, 3.05) is 11.7 Å². The molecule has 2 N–H and O–H groups in total. The Morgan fingerprint density at radius 2 is 2.36 bits per heavy atom.